The highest BCUT2D eigenvalue weighted by Gasteiger charge is 2.06. The highest BCUT2D eigenvalue weighted by atomic mass is 127. The van der Waals surface area contributed by atoms with Crippen LogP contribution in [0, 0.1) is 6.92 Å². The van der Waals surface area contributed by atoms with E-state index in [1.165, 1.54) is 5.56 Å². The summed E-state index contributed by atoms with van der Waals surface area (Å²) in [7, 11) is 1.70. The Morgan fingerprint density at radius 2 is 2.00 bits per heavy atom. The van der Waals surface area contributed by atoms with Crippen LogP contribution in [0.2, 0.25) is 0 Å². The number of nitrogens with zero attached hydrogens (tertiary/aromatic N) is 2. The van der Waals surface area contributed by atoms with Crippen molar-refractivity contribution in [3.05, 3.63) is 41.8 Å². The average Bonchev–Trinajstić information content (AvgIpc) is 3.06. The fraction of sp³-hybridized carbons (Fsp3) is 0.444. The van der Waals surface area contributed by atoms with Crippen LogP contribution in [0.3, 0.4) is 0 Å². The van der Waals surface area contributed by atoms with E-state index in [1.807, 2.05) is 31.2 Å². The molecule has 0 fully saturated rings. The third-order valence-corrected chi connectivity index (χ3v) is 3.41. The van der Waals surface area contributed by atoms with Crippen molar-refractivity contribution in [1.29, 1.82) is 0 Å². The molecule has 0 amide bonds. The molecular weight excluding hydrogens is 431 g/mol. The van der Waals surface area contributed by atoms with Crippen LogP contribution in [-0.2, 0) is 11.3 Å². The van der Waals surface area contributed by atoms with Gasteiger partial charge in [-0.1, -0.05) is 17.7 Å². The molecule has 0 saturated carbocycles. The van der Waals surface area contributed by atoms with Gasteiger partial charge in [-0.15, -0.1) is 24.0 Å². The molecule has 7 heteroatoms. The Morgan fingerprint density at radius 1 is 1.24 bits per heavy atom. The molecule has 138 valence electrons. The zero-order chi connectivity index (χ0) is 17.2. The largest absolute Gasteiger partial charge is 0.444 e. The lowest BCUT2D eigenvalue weighted by Gasteiger charge is -2.10. The Bertz CT molecular complexity index is 641. The summed E-state index contributed by atoms with van der Waals surface area (Å²) in [6.45, 7) is 6.92. The van der Waals surface area contributed by atoms with Crippen molar-refractivity contribution in [2.45, 2.75) is 26.8 Å². The maximum absolute atomic E-state index is 5.56. The Labute approximate surface area is 166 Å². The van der Waals surface area contributed by atoms with Gasteiger partial charge in [-0.3, -0.25) is 0 Å². The summed E-state index contributed by atoms with van der Waals surface area (Å²) in [5, 5.41) is 6.49. The number of ether oxygens (including phenoxy) is 1. The Hall–Kier alpha value is -1.61. The number of aromatic nitrogens is 1. The Kier molecular flexibility index (Phi) is 10.2. The molecule has 0 atom stereocenters. The predicted molar refractivity (Wildman–Crippen MR) is 111 cm³/mol. The van der Waals surface area contributed by atoms with E-state index in [0.717, 1.165) is 43.3 Å². The van der Waals surface area contributed by atoms with Gasteiger partial charge in [0.2, 0.25) is 5.89 Å². The number of oxazole rings is 1. The van der Waals surface area contributed by atoms with Crippen molar-refractivity contribution in [3.8, 4) is 11.5 Å². The van der Waals surface area contributed by atoms with Crippen LogP contribution in [0.1, 0.15) is 24.6 Å². The molecular formula is C18H27IN4O2. The van der Waals surface area contributed by atoms with Crippen LogP contribution >= 0.6 is 24.0 Å². The minimum Gasteiger partial charge on any atom is -0.444 e. The van der Waals surface area contributed by atoms with Crippen molar-refractivity contribution < 1.29 is 9.15 Å². The molecule has 0 spiro atoms. The lowest BCUT2D eigenvalue weighted by atomic mass is 10.1. The molecule has 0 aliphatic carbocycles. The minimum absolute atomic E-state index is 0. The van der Waals surface area contributed by atoms with Gasteiger partial charge < -0.3 is 19.8 Å². The number of benzene rings is 1. The molecule has 0 aliphatic heterocycles. The second-order valence-corrected chi connectivity index (χ2v) is 5.48. The maximum atomic E-state index is 5.56. The summed E-state index contributed by atoms with van der Waals surface area (Å²) >= 11 is 0. The molecule has 1 aromatic carbocycles. The standard InChI is InChI=1S/C18H26N4O2.HI/c1-4-19-18(20-10-5-11-23-3)21-12-16-13-24-17(22-16)15-8-6-14(2)7-9-15;/h6-9,13H,4-5,10-12H2,1-3H3,(H2,19,20,21);1H. The monoisotopic (exact) mass is 458 g/mol. The lowest BCUT2D eigenvalue weighted by molar-refractivity contribution is 0.195. The first kappa shape index (κ1) is 21.4. The maximum Gasteiger partial charge on any atom is 0.226 e. The first-order chi connectivity index (χ1) is 11.7. The van der Waals surface area contributed by atoms with Crippen LogP contribution in [0.15, 0.2) is 39.9 Å². The first-order valence-electron chi connectivity index (χ1n) is 8.25. The molecule has 0 radical (unpaired) electrons. The fourth-order valence-electron chi connectivity index (χ4n) is 2.13. The van der Waals surface area contributed by atoms with Crippen molar-refractivity contribution in [2.75, 3.05) is 26.8 Å². The van der Waals surface area contributed by atoms with E-state index in [9.17, 15) is 0 Å². The number of aliphatic imine (C=N–C) groups is 1. The van der Waals surface area contributed by atoms with E-state index in [0.29, 0.717) is 12.4 Å². The van der Waals surface area contributed by atoms with Gasteiger partial charge >= 0.3 is 0 Å². The molecule has 0 unspecified atom stereocenters. The average molecular weight is 458 g/mol. The smallest absolute Gasteiger partial charge is 0.226 e. The van der Waals surface area contributed by atoms with Gasteiger partial charge in [-0.2, -0.15) is 0 Å². The number of hydrogen-bond donors (Lipinski definition) is 2. The molecule has 0 saturated heterocycles. The molecule has 1 heterocycles. The lowest BCUT2D eigenvalue weighted by Crippen LogP contribution is -2.38. The van der Waals surface area contributed by atoms with Crippen molar-refractivity contribution >= 4 is 29.9 Å². The van der Waals surface area contributed by atoms with Gasteiger partial charge in [0, 0.05) is 32.4 Å². The van der Waals surface area contributed by atoms with Gasteiger partial charge in [0.1, 0.15) is 12.0 Å². The molecule has 0 aliphatic rings. The van der Waals surface area contributed by atoms with E-state index in [2.05, 4.69) is 27.5 Å². The number of nitrogens with one attached hydrogen (secondary N) is 2. The highest BCUT2D eigenvalue weighted by Crippen LogP contribution is 2.19. The number of guanidine groups is 1. The molecule has 1 aromatic heterocycles. The summed E-state index contributed by atoms with van der Waals surface area (Å²) in [5.41, 5.74) is 2.99. The highest BCUT2D eigenvalue weighted by molar-refractivity contribution is 14.0. The number of halogens is 1. The quantitative estimate of drug-likeness (QED) is 0.275. The molecule has 2 aromatic rings. The zero-order valence-electron chi connectivity index (χ0n) is 15.0. The van der Waals surface area contributed by atoms with Gasteiger partial charge in [0.25, 0.3) is 0 Å². The number of aryl methyl sites for hydroxylation is 1. The van der Waals surface area contributed by atoms with Gasteiger partial charge in [0.15, 0.2) is 5.96 Å². The van der Waals surface area contributed by atoms with Crippen molar-refractivity contribution in [3.63, 3.8) is 0 Å². The van der Waals surface area contributed by atoms with E-state index >= 15 is 0 Å². The zero-order valence-corrected chi connectivity index (χ0v) is 17.4. The van der Waals surface area contributed by atoms with Crippen molar-refractivity contribution in [2.24, 2.45) is 4.99 Å². The third kappa shape index (κ3) is 7.43. The van der Waals surface area contributed by atoms with E-state index in [4.69, 9.17) is 9.15 Å². The Balaban J connectivity index is 0.00000312. The van der Waals surface area contributed by atoms with Crippen LogP contribution in [0.25, 0.3) is 11.5 Å². The van der Waals surface area contributed by atoms with Crippen molar-refractivity contribution in [1.82, 2.24) is 15.6 Å². The predicted octanol–water partition coefficient (Wildman–Crippen LogP) is 3.36. The van der Waals surface area contributed by atoms with Crippen LogP contribution < -0.4 is 10.6 Å². The SMILES string of the molecule is CCNC(=NCc1coc(-c2ccc(C)cc2)n1)NCCCOC.I. The van der Waals surface area contributed by atoms with Crippen LogP contribution in [-0.4, -0.2) is 37.7 Å². The Morgan fingerprint density at radius 3 is 2.68 bits per heavy atom. The summed E-state index contributed by atoms with van der Waals surface area (Å²) in [5.74, 6) is 1.40. The molecule has 0 bridgehead atoms. The molecule has 2 N–H and O–H groups in total. The van der Waals surface area contributed by atoms with E-state index < -0.39 is 0 Å². The number of methoxy groups -OCH3 is 1. The summed E-state index contributed by atoms with van der Waals surface area (Å²) in [4.78, 5) is 9.04. The first-order valence-corrected chi connectivity index (χ1v) is 8.25. The second kappa shape index (κ2) is 11.9. The second-order valence-electron chi connectivity index (χ2n) is 5.48. The molecule has 25 heavy (non-hydrogen) atoms. The summed E-state index contributed by atoms with van der Waals surface area (Å²) in [6.07, 6.45) is 2.59. The topological polar surface area (TPSA) is 71.7 Å². The van der Waals surface area contributed by atoms with Gasteiger partial charge in [0.05, 0.1) is 6.54 Å². The minimum atomic E-state index is 0. The number of rotatable bonds is 8. The summed E-state index contributed by atoms with van der Waals surface area (Å²) < 4.78 is 10.6. The van der Waals surface area contributed by atoms with E-state index in [-0.39, 0.29) is 24.0 Å². The van der Waals surface area contributed by atoms with Crippen LogP contribution in [0.5, 0.6) is 0 Å². The van der Waals surface area contributed by atoms with Crippen LogP contribution in [0.4, 0.5) is 0 Å². The number of hydrogen-bond acceptors (Lipinski definition) is 4. The normalized spacial score (nSPS) is 11.1. The molecule has 6 nitrogen and oxygen atoms in total. The summed E-state index contributed by atoms with van der Waals surface area (Å²) in [6, 6.07) is 8.11. The van der Waals surface area contributed by atoms with Gasteiger partial charge in [-0.05, 0) is 32.4 Å². The fourth-order valence-corrected chi connectivity index (χ4v) is 2.13. The van der Waals surface area contributed by atoms with E-state index in [1.54, 1.807) is 13.4 Å². The molecule has 2 rings (SSSR count). The van der Waals surface area contributed by atoms with Gasteiger partial charge in [-0.25, -0.2) is 9.98 Å². The third-order valence-electron chi connectivity index (χ3n) is 3.41.